The van der Waals surface area contributed by atoms with Crippen LogP contribution in [-0.4, -0.2) is 60.8 Å². The van der Waals surface area contributed by atoms with Crippen molar-refractivity contribution >= 4 is 5.96 Å². The van der Waals surface area contributed by atoms with Crippen LogP contribution in [0.1, 0.15) is 59.3 Å². The zero-order chi connectivity index (χ0) is 16.2. The van der Waals surface area contributed by atoms with Gasteiger partial charge in [-0.2, -0.15) is 0 Å². The van der Waals surface area contributed by atoms with E-state index in [4.69, 9.17) is 9.73 Å². The number of nitrogens with one attached hydrogen (secondary N) is 2. The summed E-state index contributed by atoms with van der Waals surface area (Å²) in [7, 11) is 0. The van der Waals surface area contributed by atoms with Crippen LogP contribution in [0, 0.1) is 0 Å². The Kier molecular flexibility index (Phi) is 5.81. The number of guanidine groups is 1. The van der Waals surface area contributed by atoms with E-state index in [1.807, 2.05) is 0 Å². The molecule has 2 N–H and O–H groups in total. The summed E-state index contributed by atoms with van der Waals surface area (Å²) in [6.07, 6.45) is 8.48. The molecule has 3 saturated heterocycles. The summed E-state index contributed by atoms with van der Waals surface area (Å²) in [5, 5.41) is 7.02. The Labute approximate surface area is 141 Å². The summed E-state index contributed by atoms with van der Waals surface area (Å²) in [6.45, 7) is 9.79. The Bertz CT molecular complexity index is 414. The average Bonchev–Trinajstić information content (AvgIpc) is 3.16. The third-order valence-corrected chi connectivity index (χ3v) is 5.71. The van der Waals surface area contributed by atoms with Crippen molar-refractivity contribution in [2.45, 2.75) is 89.6 Å². The van der Waals surface area contributed by atoms with Crippen molar-refractivity contribution < 1.29 is 4.74 Å². The Hall–Kier alpha value is -0.810. The molecule has 3 rings (SSSR count). The lowest BCUT2D eigenvalue weighted by Gasteiger charge is -2.37. The molecule has 2 bridgehead atoms. The van der Waals surface area contributed by atoms with Crippen LogP contribution in [-0.2, 0) is 4.74 Å². The Morgan fingerprint density at radius 3 is 2.83 bits per heavy atom. The van der Waals surface area contributed by atoms with Crippen LogP contribution >= 0.6 is 0 Å². The molecule has 3 aliphatic rings. The van der Waals surface area contributed by atoms with Crippen LogP contribution in [0.15, 0.2) is 4.99 Å². The van der Waals surface area contributed by atoms with Crippen LogP contribution < -0.4 is 10.6 Å². The number of hydrogen-bond donors (Lipinski definition) is 2. The lowest BCUT2D eigenvalue weighted by molar-refractivity contribution is 0.0992. The molecule has 23 heavy (non-hydrogen) atoms. The second-order valence-electron chi connectivity index (χ2n) is 7.51. The molecule has 0 saturated carbocycles. The first-order valence-electron chi connectivity index (χ1n) is 9.63. The van der Waals surface area contributed by atoms with E-state index >= 15 is 0 Å². The second kappa shape index (κ2) is 7.84. The molecular formula is C18H34N4O. The summed E-state index contributed by atoms with van der Waals surface area (Å²) >= 11 is 0. The van der Waals surface area contributed by atoms with E-state index in [9.17, 15) is 0 Å². The van der Waals surface area contributed by atoms with Gasteiger partial charge in [-0.1, -0.05) is 6.42 Å². The number of piperidine rings is 1. The van der Waals surface area contributed by atoms with E-state index in [1.165, 1.54) is 38.6 Å². The maximum absolute atomic E-state index is 5.95. The number of rotatable bonds is 5. The molecule has 5 unspecified atom stereocenters. The molecule has 0 aromatic carbocycles. The third kappa shape index (κ3) is 4.18. The van der Waals surface area contributed by atoms with Gasteiger partial charge in [-0.05, 0) is 59.4 Å². The zero-order valence-corrected chi connectivity index (χ0v) is 15.1. The maximum atomic E-state index is 5.95. The Morgan fingerprint density at radius 2 is 2.17 bits per heavy atom. The van der Waals surface area contributed by atoms with E-state index in [0.29, 0.717) is 30.3 Å². The predicted octanol–water partition coefficient (Wildman–Crippen LogP) is 2.12. The van der Waals surface area contributed by atoms with Gasteiger partial charge in [0.2, 0.25) is 0 Å². The van der Waals surface area contributed by atoms with Crippen molar-refractivity contribution in [3.05, 3.63) is 0 Å². The molecule has 0 aliphatic carbocycles. The first kappa shape index (κ1) is 17.0. The number of ether oxygens (including phenoxy) is 1. The molecule has 3 fully saturated rings. The van der Waals surface area contributed by atoms with E-state index in [2.05, 4.69) is 36.3 Å². The fourth-order valence-corrected chi connectivity index (χ4v) is 4.39. The second-order valence-corrected chi connectivity index (χ2v) is 7.51. The van der Waals surface area contributed by atoms with Gasteiger partial charge < -0.3 is 15.4 Å². The first-order valence-corrected chi connectivity index (χ1v) is 9.63. The summed E-state index contributed by atoms with van der Waals surface area (Å²) in [6, 6.07) is 1.65. The molecule has 5 atom stereocenters. The Balaban J connectivity index is 1.53. The summed E-state index contributed by atoms with van der Waals surface area (Å²) in [4.78, 5) is 7.49. The minimum Gasteiger partial charge on any atom is -0.373 e. The SMILES string of the molecule is CCNC(=NCC(C)N1CCCCC1C)NC1CC2CCC1O2. The standard InChI is InChI=1S/C18H34N4O/c1-4-19-18(21-16-11-15-8-9-17(16)23-15)20-12-14(3)22-10-6-5-7-13(22)2/h13-17H,4-12H2,1-3H3,(H2,19,20,21). The van der Waals surface area contributed by atoms with Gasteiger partial charge in [-0.25, -0.2) is 0 Å². The molecule has 5 heteroatoms. The number of nitrogens with zero attached hydrogens (tertiary/aromatic N) is 2. The van der Waals surface area contributed by atoms with Crippen molar-refractivity contribution in [1.29, 1.82) is 0 Å². The lowest BCUT2D eigenvalue weighted by atomic mass is 9.96. The largest absolute Gasteiger partial charge is 0.373 e. The molecule has 0 aromatic rings. The van der Waals surface area contributed by atoms with Crippen LogP contribution in [0.5, 0.6) is 0 Å². The van der Waals surface area contributed by atoms with Gasteiger partial charge >= 0.3 is 0 Å². The van der Waals surface area contributed by atoms with Gasteiger partial charge in [-0.15, -0.1) is 0 Å². The molecule has 132 valence electrons. The van der Waals surface area contributed by atoms with Crippen molar-refractivity contribution in [1.82, 2.24) is 15.5 Å². The molecule has 3 aliphatic heterocycles. The summed E-state index contributed by atoms with van der Waals surface area (Å²) in [5.74, 6) is 0.963. The van der Waals surface area contributed by atoms with Crippen LogP contribution in [0.2, 0.25) is 0 Å². The number of fused-ring (bicyclic) bond motifs is 2. The maximum Gasteiger partial charge on any atom is 0.191 e. The van der Waals surface area contributed by atoms with Crippen LogP contribution in [0.3, 0.4) is 0 Å². The molecule has 0 amide bonds. The third-order valence-electron chi connectivity index (χ3n) is 5.71. The van der Waals surface area contributed by atoms with Crippen molar-refractivity contribution in [3.8, 4) is 0 Å². The minimum atomic E-state index is 0.392. The smallest absolute Gasteiger partial charge is 0.191 e. The molecule has 0 aromatic heterocycles. The average molecular weight is 322 g/mol. The molecule has 5 nitrogen and oxygen atoms in total. The quantitative estimate of drug-likeness (QED) is 0.601. The highest BCUT2D eigenvalue weighted by molar-refractivity contribution is 5.80. The summed E-state index contributed by atoms with van der Waals surface area (Å²) in [5.41, 5.74) is 0. The van der Waals surface area contributed by atoms with Crippen molar-refractivity contribution in [2.75, 3.05) is 19.6 Å². The van der Waals surface area contributed by atoms with Gasteiger partial charge in [-0.3, -0.25) is 9.89 Å². The lowest BCUT2D eigenvalue weighted by Crippen LogP contribution is -2.49. The van der Waals surface area contributed by atoms with Crippen molar-refractivity contribution in [3.63, 3.8) is 0 Å². The molecular weight excluding hydrogens is 288 g/mol. The van der Waals surface area contributed by atoms with Gasteiger partial charge in [0.25, 0.3) is 0 Å². The minimum absolute atomic E-state index is 0.392. The summed E-state index contributed by atoms with van der Waals surface area (Å²) < 4.78 is 5.95. The number of hydrogen-bond acceptors (Lipinski definition) is 3. The van der Waals surface area contributed by atoms with Gasteiger partial charge in [0.15, 0.2) is 5.96 Å². The van der Waals surface area contributed by atoms with Crippen molar-refractivity contribution in [2.24, 2.45) is 4.99 Å². The highest BCUT2D eigenvalue weighted by atomic mass is 16.5. The first-order chi connectivity index (χ1) is 11.2. The molecule has 0 spiro atoms. The fourth-order valence-electron chi connectivity index (χ4n) is 4.39. The van der Waals surface area contributed by atoms with Crippen LogP contribution in [0.25, 0.3) is 0 Å². The number of likely N-dealkylation sites (tertiary alicyclic amines) is 1. The highest BCUT2D eigenvalue weighted by Crippen LogP contribution is 2.34. The number of aliphatic imine (C=N–C) groups is 1. The van der Waals surface area contributed by atoms with Gasteiger partial charge in [0.1, 0.15) is 0 Å². The van der Waals surface area contributed by atoms with E-state index in [0.717, 1.165) is 25.5 Å². The normalized spacial score (nSPS) is 36.2. The zero-order valence-electron chi connectivity index (χ0n) is 15.1. The highest BCUT2D eigenvalue weighted by Gasteiger charge is 2.41. The molecule has 3 heterocycles. The van der Waals surface area contributed by atoms with E-state index in [-0.39, 0.29) is 0 Å². The topological polar surface area (TPSA) is 48.9 Å². The predicted molar refractivity (Wildman–Crippen MR) is 94.9 cm³/mol. The fraction of sp³-hybridized carbons (Fsp3) is 0.944. The van der Waals surface area contributed by atoms with Crippen LogP contribution in [0.4, 0.5) is 0 Å². The Morgan fingerprint density at radius 1 is 1.30 bits per heavy atom. The van der Waals surface area contributed by atoms with Gasteiger partial charge in [0.05, 0.1) is 24.8 Å². The van der Waals surface area contributed by atoms with Gasteiger partial charge in [0, 0.05) is 18.6 Å². The van der Waals surface area contributed by atoms with E-state index in [1.54, 1.807) is 0 Å². The molecule has 0 radical (unpaired) electrons. The monoisotopic (exact) mass is 322 g/mol. The van der Waals surface area contributed by atoms with E-state index < -0.39 is 0 Å².